The van der Waals surface area contributed by atoms with Crippen molar-refractivity contribution in [2.45, 2.75) is 31.9 Å². The number of aromatic nitrogens is 1. The molecule has 84 valence electrons. The third-order valence-corrected chi connectivity index (χ3v) is 2.63. The van der Waals surface area contributed by atoms with Crippen molar-refractivity contribution in [1.82, 2.24) is 10.3 Å². The molecule has 0 aliphatic rings. The van der Waals surface area contributed by atoms with E-state index in [0.29, 0.717) is 12.1 Å². The average molecular weight is 208 g/mol. The highest BCUT2D eigenvalue weighted by Crippen LogP contribution is 2.07. The summed E-state index contributed by atoms with van der Waals surface area (Å²) in [5.41, 5.74) is 1.26. The number of nitrogens with zero attached hydrogens (tertiary/aromatic N) is 1. The van der Waals surface area contributed by atoms with E-state index in [1.807, 2.05) is 19.3 Å². The molecule has 1 rings (SSSR count). The van der Waals surface area contributed by atoms with Crippen molar-refractivity contribution in [2.24, 2.45) is 0 Å². The van der Waals surface area contributed by atoms with Gasteiger partial charge in [0.05, 0.1) is 6.10 Å². The van der Waals surface area contributed by atoms with Crippen LogP contribution in [0.25, 0.3) is 0 Å². The van der Waals surface area contributed by atoms with Crippen molar-refractivity contribution in [3.63, 3.8) is 0 Å². The summed E-state index contributed by atoms with van der Waals surface area (Å²) in [5.74, 6) is 0. The standard InChI is InChI=1S/C12H20N2O/c1-10(15-3)7-12(13-2)8-11-5-4-6-14-9-11/h4-6,9-10,12-13H,7-8H2,1-3H3. The third-order valence-electron chi connectivity index (χ3n) is 2.63. The largest absolute Gasteiger partial charge is 0.382 e. The maximum Gasteiger partial charge on any atom is 0.0558 e. The topological polar surface area (TPSA) is 34.2 Å². The molecule has 0 fully saturated rings. The minimum absolute atomic E-state index is 0.291. The molecule has 0 bridgehead atoms. The van der Waals surface area contributed by atoms with Gasteiger partial charge in [-0.1, -0.05) is 6.07 Å². The van der Waals surface area contributed by atoms with E-state index < -0.39 is 0 Å². The first-order chi connectivity index (χ1) is 7.26. The Bertz CT molecular complexity index is 264. The van der Waals surface area contributed by atoms with Crippen LogP contribution in [0.3, 0.4) is 0 Å². The molecule has 0 amide bonds. The molecule has 1 aromatic rings. The van der Waals surface area contributed by atoms with Crippen molar-refractivity contribution in [3.05, 3.63) is 30.1 Å². The lowest BCUT2D eigenvalue weighted by molar-refractivity contribution is 0.101. The predicted molar refractivity (Wildman–Crippen MR) is 61.9 cm³/mol. The van der Waals surface area contributed by atoms with Crippen LogP contribution in [0.1, 0.15) is 18.9 Å². The lowest BCUT2D eigenvalue weighted by Crippen LogP contribution is -2.31. The lowest BCUT2D eigenvalue weighted by atomic mass is 10.0. The fraction of sp³-hybridized carbons (Fsp3) is 0.583. The van der Waals surface area contributed by atoms with Gasteiger partial charge >= 0.3 is 0 Å². The zero-order valence-corrected chi connectivity index (χ0v) is 9.73. The van der Waals surface area contributed by atoms with E-state index in [2.05, 4.69) is 23.3 Å². The number of methoxy groups -OCH3 is 1. The van der Waals surface area contributed by atoms with Gasteiger partial charge in [0.2, 0.25) is 0 Å². The molecule has 2 unspecified atom stereocenters. The number of likely N-dealkylation sites (N-methyl/N-ethyl adjacent to an activating group) is 1. The molecule has 0 saturated carbocycles. The zero-order chi connectivity index (χ0) is 11.1. The Hall–Kier alpha value is -0.930. The van der Waals surface area contributed by atoms with E-state index in [1.165, 1.54) is 5.56 Å². The molecule has 0 aliphatic heterocycles. The summed E-state index contributed by atoms with van der Waals surface area (Å²) in [7, 11) is 3.74. The monoisotopic (exact) mass is 208 g/mol. The normalized spacial score (nSPS) is 14.9. The highest BCUT2D eigenvalue weighted by molar-refractivity contribution is 5.10. The first-order valence-corrected chi connectivity index (χ1v) is 5.35. The van der Waals surface area contributed by atoms with Gasteiger partial charge < -0.3 is 10.1 Å². The van der Waals surface area contributed by atoms with E-state index in [-0.39, 0.29) is 0 Å². The Balaban J connectivity index is 2.47. The summed E-state index contributed by atoms with van der Waals surface area (Å²) in [5, 5.41) is 3.31. The van der Waals surface area contributed by atoms with Gasteiger partial charge in [0.15, 0.2) is 0 Å². The van der Waals surface area contributed by atoms with Crippen LogP contribution in [0.5, 0.6) is 0 Å². The summed E-state index contributed by atoms with van der Waals surface area (Å²) in [6.45, 7) is 2.09. The molecular formula is C12H20N2O. The first-order valence-electron chi connectivity index (χ1n) is 5.35. The van der Waals surface area contributed by atoms with E-state index in [0.717, 1.165) is 12.8 Å². The van der Waals surface area contributed by atoms with Gasteiger partial charge in [0.1, 0.15) is 0 Å². The van der Waals surface area contributed by atoms with Crippen molar-refractivity contribution in [3.8, 4) is 0 Å². The van der Waals surface area contributed by atoms with E-state index in [1.54, 1.807) is 13.3 Å². The molecule has 0 radical (unpaired) electrons. The van der Waals surface area contributed by atoms with Gasteiger partial charge in [0.25, 0.3) is 0 Å². The Kier molecular flexibility index (Phi) is 5.29. The number of pyridine rings is 1. The van der Waals surface area contributed by atoms with Crippen molar-refractivity contribution < 1.29 is 4.74 Å². The second-order valence-electron chi connectivity index (χ2n) is 3.83. The van der Waals surface area contributed by atoms with Gasteiger partial charge in [-0.3, -0.25) is 4.98 Å². The van der Waals surface area contributed by atoms with Crippen molar-refractivity contribution in [1.29, 1.82) is 0 Å². The van der Waals surface area contributed by atoms with Gasteiger partial charge in [-0.25, -0.2) is 0 Å². The summed E-state index contributed by atoms with van der Waals surface area (Å²) < 4.78 is 5.26. The summed E-state index contributed by atoms with van der Waals surface area (Å²) in [6.07, 6.45) is 6.02. The molecular weight excluding hydrogens is 188 g/mol. The van der Waals surface area contributed by atoms with Gasteiger partial charge in [-0.05, 0) is 38.4 Å². The van der Waals surface area contributed by atoms with Gasteiger partial charge in [-0.2, -0.15) is 0 Å². The Morgan fingerprint density at radius 2 is 2.33 bits per heavy atom. The smallest absolute Gasteiger partial charge is 0.0558 e. The molecule has 3 nitrogen and oxygen atoms in total. The van der Waals surface area contributed by atoms with Gasteiger partial charge in [-0.15, -0.1) is 0 Å². The van der Waals surface area contributed by atoms with Crippen LogP contribution >= 0.6 is 0 Å². The second kappa shape index (κ2) is 6.53. The fourth-order valence-corrected chi connectivity index (χ4v) is 1.60. The number of ether oxygens (including phenoxy) is 1. The highest BCUT2D eigenvalue weighted by Gasteiger charge is 2.11. The van der Waals surface area contributed by atoms with Crippen LogP contribution < -0.4 is 5.32 Å². The molecule has 0 spiro atoms. The molecule has 1 N–H and O–H groups in total. The SMILES string of the molecule is CNC(Cc1cccnc1)CC(C)OC. The Labute approximate surface area is 91.9 Å². The summed E-state index contributed by atoms with van der Waals surface area (Å²) in [4.78, 5) is 4.11. The Morgan fingerprint density at radius 1 is 1.53 bits per heavy atom. The molecule has 0 aliphatic carbocycles. The lowest BCUT2D eigenvalue weighted by Gasteiger charge is -2.19. The molecule has 1 aromatic heterocycles. The molecule has 0 saturated heterocycles. The third kappa shape index (κ3) is 4.40. The number of hydrogen-bond acceptors (Lipinski definition) is 3. The first kappa shape index (κ1) is 12.1. The minimum atomic E-state index is 0.291. The fourth-order valence-electron chi connectivity index (χ4n) is 1.60. The number of nitrogens with one attached hydrogen (secondary N) is 1. The molecule has 15 heavy (non-hydrogen) atoms. The second-order valence-corrected chi connectivity index (χ2v) is 3.83. The summed E-state index contributed by atoms with van der Waals surface area (Å²) >= 11 is 0. The van der Waals surface area contributed by atoms with Crippen LogP contribution in [0.4, 0.5) is 0 Å². The highest BCUT2D eigenvalue weighted by atomic mass is 16.5. The zero-order valence-electron chi connectivity index (χ0n) is 9.73. The minimum Gasteiger partial charge on any atom is -0.382 e. The number of hydrogen-bond donors (Lipinski definition) is 1. The molecule has 1 heterocycles. The van der Waals surface area contributed by atoms with E-state index >= 15 is 0 Å². The van der Waals surface area contributed by atoms with Crippen LogP contribution in [0.2, 0.25) is 0 Å². The van der Waals surface area contributed by atoms with Crippen LogP contribution in [0, 0.1) is 0 Å². The Morgan fingerprint density at radius 3 is 2.87 bits per heavy atom. The van der Waals surface area contributed by atoms with Crippen LogP contribution in [0.15, 0.2) is 24.5 Å². The quantitative estimate of drug-likeness (QED) is 0.771. The van der Waals surface area contributed by atoms with Gasteiger partial charge in [0, 0.05) is 25.5 Å². The van der Waals surface area contributed by atoms with E-state index in [9.17, 15) is 0 Å². The van der Waals surface area contributed by atoms with Crippen molar-refractivity contribution in [2.75, 3.05) is 14.2 Å². The molecule has 2 atom stereocenters. The van der Waals surface area contributed by atoms with Crippen LogP contribution in [-0.4, -0.2) is 31.3 Å². The van der Waals surface area contributed by atoms with Crippen LogP contribution in [-0.2, 0) is 11.2 Å². The maximum absolute atomic E-state index is 5.26. The molecule has 0 aromatic carbocycles. The van der Waals surface area contributed by atoms with Crippen molar-refractivity contribution >= 4 is 0 Å². The summed E-state index contributed by atoms with van der Waals surface area (Å²) in [6, 6.07) is 4.53. The average Bonchev–Trinajstić information content (AvgIpc) is 2.29. The maximum atomic E-state index is 5.26. The number of rotatable bonds is 6. The van der Waals surface area contributed by atoms with E-state index in [4.69, 9.17) is 4.74 Å². The molecule has 3 heteroatoms. The predicted octanol–water partition coefficient (Wildman–Crippen LogP) is 1.64.